The molecule has 1 unspecified atom stereocenters. The highest BCUT2D eigenvalue weighted by molar-refractivity contribution is 5.30. The predicted octanol–water partition coefficient (Wildman–Crippen LogP) is 4.24. The van der Waals surface area contributed by atoms with E-state index in [1.807, 2.05) is 0 Å². The van der Waals surface area contributed by atoms with Crippen LogP contribution in [0.2, 0.25) is 0 Å². The first-order valence-corrected chi connectivity index (χ1v) is 7.13. The normalized spacial score (nSPS) is 12.6. The summed E-state index contributed by atoms with van der Waals surface area (Å²) in [5.41, 5.74) is 2.54. The molecule has 2 aromatic rings. The van der Waals surface area contributed by atoms with Gasteiger partial charge in [-0.2, -0.15) is 0 Å². The van der Waals surface area contributed by atoms with Crippen molar-refractivity contribution < 1.29 is 4.42 Å². The largest absolute Gasteiger partial charge is 0.464 e. The van der Waals surface area contributed by atoms with Gasteiger partial charge in [-0.05, 0) is 37.6 Å². The van der Waals surface area contributed by atoms with E-state index in [-0.39, 0.29) is 6.04 Å². The van der Waals surface area contributed by atoms with E-state index in [2.05, 4.69) is 62.5 Å². The van der Waals surface area contributed by atoms with Gasteiger partial charge in [0, 0.05) is 6.42 Å². The van der Waals surface area contributed by atoms with E-state index in [9.17, 15) is 0 Å². The summed E-state index contributed by atoms with van der Waals surface area (Å²) in [5.74, 6) is 2.06. The van der Waals surface area contributed by atoms with Crippen molar-refractivity contribution in [3.63, 3.8) is 0 Å². The Morgan fingerprint density at radius 3 is 2.37 bits per heavy atom. The van der Waals surface area contributed by atoms with Gasteiger partial charge in [0.15, 0.2) is 0 Å². The standard InChI is InChI=1S/C17H23NO/c1-4-12-18-17(14-8-6-13(3)7-9-14)16-11-10-15(5-2)19-16/h6-11,17-18H,4-5,12H2,1-3H3. The molecule has 1 heterocycles. The van der Waals surface area contributed by atoms with Crippen LogP contribution in [0.3, 0.4) is 0 Å². The van der Waals surface area contributed by atoms with Crippen molar-refractivity contribution in [2.24, 2.45) is 0 Å². The molecule has 1 aromatic heterocycles. The molecule has 1 aromatic carbocycles. The van der Waals surface area contributed by atoms with E-state index in [0.29, 0.717) is 0 Å². The lowest BCUT2D eigenvalue weighted by molar-refractivity contribution is 0.422. The third-order valence-corrected chi connectivity index (χ3v) is 3.32. The fourth-order valence-corrected chi connectivity index (χ4v) is 2.17. The molecule has 0 radical (unpaired) electrons. The van der Waals surface area contributed by atoms with Crippen LogP contribution in [0.5, 0.6) is 0 Å². The van der Waals surface area contributed by atoms with Crippen molar-refractivity contribution >= 4 is 0 Å². The van der Waals surface area contributed by atoms with E-state index >= 15 is 0 Å². The summed E-state index contributed by atoms with van der Waals surface area (Å²) in [5, 5.41) is 3.57. The molecule has 0 saturated carbocycles. The summed E-state index contributed by atoms with van der Waals surface area (Å²) in [6.07, 6.45) is 2.05. The van der Waals surface area contributed by atoms with Gasteiger partial charge >= 0.3 is 0 Å². The Morgan fingerprint density at radius 2 is 1.79 bits per heavy atom. The summed E-state index contributed by atoms with van der Waals surface area (Å²) in [6.45, 7) is 7.39. The lowest BCUT2D eigenvalue weighted by Gasteiger charge is -2.17. The van der Waals surface area contributed by atoms with E-state index in [1.165, 1.54) is 11.1 Å². The van der Waals surface area contributed by atoms with Crippen LogP contribution < -0.4 is 5.32 Å². The Hall–Kier alpha value is -1.54. The number of benzene rings is 1. The van der Waals surface area contributed by atoms with Gasteiger partial charge in [-0.1, -0.05) is 43.7 Å². The molecule has 0 bridgehead atoms. The second-order valence-corrected chi connectivity index (χ2v) is 4.96. The van der Waals surface area contributed by atoms with E-state index in [4.69, 9.17) is 4.42 Å². The summed E-state index contributed by atoms with van der Waals surface area (Å²) >= 11 is 0. The fourth-order valence-electron chi connectivity index (χ4n) is 2.17. The SMILES string of the molecule is CCCNC(c1ccc(C)cc1)c1ccc(CC)o1. The first-order chi connectivity index (χ1) is 9.24. The zero-order chi connectivity index (χ0) is 13.7. The van der Waals surface area contributed by atoms with Crippen LogP contribution in [0.15, 0.2) is 40.8 Å². The summed E-state index contributed by atoms with van der Waals surface area (Å²) < 4.78 is 5.91. The van der Waals surface area contributed by atoms with Crippen molar-refractivity contribution in [2.75, 3.05) is 6.54 Å². The zero-order valence-electron chi connectivity index (χ0n) is 12.1. The molecule has 0 aliphatic carbocycles. The lowest BCUT2D eigenvalue weighted by Crippen LogP contribution is -2.22. The average molecular weight is 257 g/mol. The fraction of sp³-hybridized carbons (Fsp3) is 0.412. The Morgan fingerprint density at radius 1 is 1.05 bits per heavy atom. The van der Waals surface area contributed by atoms with Gasteiger partial charge in [-0.3, -0.25) is 0 Å². The molecule has 2 heteroatoms. The molecule has 19 heavy (non-hydrogen) atoms. The van der Waals surface area contributed by atoms with Gasteiger partial charge in [-0.25, -0.2) is 0 Å². The quantitative estimate of drug-likeness (QED) is 0.837. The lowest BCUT2D eigenvalue weighted by atomic mass is 10.0. The monoisotopic (exact) mass is 257 g/mol. The van der Waals surface area contributed by atoms with Crippen LogP contribution in [-0.4, -0.2) is 6.54 Å². The van der Waals surface area contributed by atoms with Crippen molar-refractivity contribution in [1.82, 2.24) is 5.32 Å². The molecule has 0 aliphatic heterocycles. The highest BCUT2D eigenvalue weighted by Gasteiger charge is 2.16. The molecule has 2 nitrogen and oxygen atoms in total. The topological polar surface area (TPSA) is 25.2 Å². The van der Waals surface area contributed by atoms with E-state index in [1.54, 1.807) is 0 Å². The highest BCUT2D eigenvalue weighted by atomic mass is 16.3. The Balaban J connectivity index is 2.26. The molecule has 1 atom stereocenters. The van der Waals surface area contributed by atoms with Gasteiger partial charge < -0.3 is 9.73 Å². The molecule has 102 valence electrons. The Kier molecular flexibility index (Phi) is 4.80. The minimum absolute atomic E-state index is 0.154. The number of nitrogens with one attached hydrogen (secondary N) is 1. The van der Waals surface area contributed by atoms with Crippen LogP contribution in [0, 0.1) is 6.92 Å². The first kappa shape index (κ1) is 13.9. The van der Waals surface area contributed by atoms with Crippen LogP contribution >= 0.6 is 0 Å². The van der Waals surface area contributed by atoms with Gasteiger partial charge in [0.1, 0.15) is 11.5 Å². The van der Waals surface area contributed by atoms with E-state index < -0.39 is 0 Å². The molecule has 0 spiro atoms. The smallest absolute Gasteiger partial charge is 0.125 e. The Bertz CT molecular complexity index is 498. The third kappa shape index (κ3) is 3.48. The second-order valence-electron chi connectivity index (χ2n) is 4.96. The molecule has 1 N–H and O–H groups in total. The molecular formula is C17H23NO. The predicted molar refractivity (Wildman–Crippen MR) is 79.4 cm³/mol. The van der Waals surface area contributed by atoms with Crippen LogP contribution in [-0.2, 0) is 6.42 Å². The highest BCUT2D eigenvalue weighted by Crippen LogP contribution is 2.24. The van der Waals surface area contributed by atoms with Crippen molar-refractivity contribution in [3.8, 4) is 0 Å². The maximum atomic E-state index is 5.91. The van der Waals surface area contributed by atoms with Crippen molar-refractivity contribution in [3.05, 3.63) is 59.0 Å². The Labute approximate surface area is 115 Å². The van der Waals surface area contributed by atoms with Gasteiger partial charge in [0.2, 0.25) is 0 Å². The maximum absolute atomic E-state index is 5.91. The molecule has 0 aliphatic rings. The summed E-state index contributed by atoms with van der Waals surface area (Å²) in [7, 11) is 0. The minimum Gasteiger partial charge on any atom is -0.464 e. The van der Waals surface area contributed by atoms with Gasteiger partial charge in [0.25, 0.3) is 0 Å². The van der Waals surface area contributed by atoms with Crippen molar-refractivity contribution in [1.29, 1.82) is 0 Å². The van der Waals surface area contributed by atoms with Crippen LogP contribution in [0.4, 0.5) is 0 Å². The first-order valence-electron chi connectivity index (χ1n) is 7.13. The molecule has 2 rings (SSSR count). The molecular weight excluding hydrogens is 234 g/mol. The number of aryl methyl sites for hydroxylation is 2. The van der Waals surface area contributed by atoms with Gasteiger partial charge in [0.05, 0.1) is 6.04 Å². The third-order valence-electron chi connectivity index (χ3n) is 3.32. The van der Waals surface area contributed by atoms with Gasteiger partial charge in [-0.15, -0.1) is 0 Å². The number of rotatable bonds is 6. The molecule has 0 amide bonds. The van der Waals surface area contributed by atoms with E-state index in [0.717, 1.165) is 30.9 Å². The molecule has 0 saturated heterocycles. The average Bonchev–Trinajstić information content (AvgIpc) is 2.90. The second kappa shape index (κ2) is 6.58. The number of furan rings is 1. The summed E-state index contributed by atoms with van der Waals surface area (Å²) in [6, 6.07) is 13.0. The zero-order valence-corrected chi connectivity index (χ0v) is 12.1. The molecule has 0 fully saturated rings. The van der Waals surface area contributed by atoms with Crippen LogP contribution in [0.1, 0.15) is 49.0 Å². The number of hydrogen-bond acceptors (Lipinski definition) is 2. The van der Waals surface area contributed by atoms with Crippen LogP contribution in [0.25, 0.3) is 0 Å². The number of hydrogen-bond donors (Lipinski definition) is 1. The van der Waals surface area contributed by atoms with Crippen molar-refractivity contribution in [2.45, 2.75) is 39.7 Å². The maximum Gasteiger partial charge on any atom is 0.125 e. The summed E-state index contributed by atoms with van der Waals surface area (Å²) in [4.78, 5) is 0. The minimum atomic E-state index is 0.154.